The number of hydrogen-bond donors (Lipinski definition) is 2. The van der Waals surface area contributed by atoms with Gasteiger partial charge >= 0.3 is 0 Å². The van der Waals surface area contributed by atoms with Crippen molar-refractivity contribution in [3.05, 3.63) is 53.8 Å². The fourth-order valence-electron chi connectivity index (χ4n) is 2.05. The molecule has 0 radical (unpaired) electrons. The Bertz CT molecular complexity index is 831. The summed E-state index contributed by atoms with van der Waals surface area (Å²) in [5.74, 6) is -0.556. The van der Waals surface area contributed by atoms with Gasteiger partial charge in [-0.2, -0.15) is 0 Å². The molecule has 1 amide bonds. The highest BCUT2D eigenvalue weighted by molar-refractivity contribution is 7.99. The molecule has 1 heterocycles. The van der Waals surface area contributed by atoms with Crippen LogP contribution in [0.25, 0.3) is 11.0 Å². The van der Waals surface area contributed by atoms with Gasteiger partial charge in [-0.1, -0.05) is 30.0 Å². The number of fused-ring (bicyclic) bond motifs is 1. The van der Waals surface area contributed by atoms with Crippen molar-refractivity contribution in [2.75, 3.05) is 11.1 Å². The zero-order chi connectivity index (χ0) is 15.5. The van der Waals surface area contributed by atoms with Gasteiger partial charge in [-0.25, -0.2) is 9.37 Å². The number of amides is 1. The summed E-state index contributed by atoms with van der Waals surface area (Å²) in [5, 5.41) is 3.22. The van der Waals surface area contributed by atoms with Crippen LogP contribution in [0.1, 0.15) is 5.56 Å². The quantitative estimate of drug-likeness (QED) is 0.721. The first-order chi connectivity index (χ1) is 10.6. The van der Waals surface area contributed by atoms with Crippen LogP contribution in [-0.2, 0) is 4.79 Å². The van der Waals surface area contributed by atoms with E-state index in [1.165, 1.54) is 23.9 Å². The number of carbonyl (C=O) groups excluding carboxylic acids is 1. The molecule has 2 N–H and O–H groups in total. The fourth-order valence-corrected chi connectivity index (χ4v) is 2.74. The molecule has 1 aromatic heterocycles. The lowest BCUT2D eigenvalue weighted by molar-refractivity contribution is -0.113. The first-order valence-electron chi connectivity index (χ1n) is 6.75. The molecule has 112 valence electrons. The van der Waals surface area contributed by atoms with Crippen molar-refractivity contribution in [2.45, 2.75) is 12.1 Å². The smallest absolute Gasteiger partial charge is 0.234 e. The SMILES string of the molecule is Cc1ccc2nc(SCC(=O)Nc3ccccc3F)[nH]c2c1. The Labute approximate surface area is 131 Å². The maximum Gasteiger partial charge on any atom is 0.234 e. The molecular formula is C16H14FN3OS. The predicted molar refractivity (Wildman–Crippen MR) is 86.6 cm³/mol. The zero-order valence-corrected chi connectivity index (χ0v) is 12.7. The van der Waals surface area contributed by atoms with Crippen molar-refractivity contribution >= 4 is 34.4 Å². The van der Waals surface area contributed by atoms with Crippen LogP contribution in [0.2, 0.25) is 0 Å². The van der Waals surface area contributed by atoms with E-state index in [2.05, 4.69) is 15.3 Å². The third-order valence-corrected chi connectivity index (χ3v) is 3.98. The predicted octanol–water partition coefficient (Wildman–Crippen LogP) is 3.74. The van der Waals surface area contributed by atoms with Crippen LogP contribution in [0, 0.1) is 12.7 Å². The van der Waals surface area contributed by atoms with Gasteiger partial charge < -0.3 is 10.3 Å². The maximum atomic E-state index is 13.5. The fraction of sp³-hybridized carbons (Fsp3) is 0.125. The molecule has 0 unspecified atom stereocenters. The molecule has 22 heavy (non-hydrogen) atoms. The van der Waals surface area contributed by atoms with Crippen molar-refractivity contribution < 1.29 is 9.18 Å². The topological polar surface area (TPSA) is 57.8 Å². The standard InChI is InChI=1S/C16H14FN3OS/c1-10-6-7-13-14(8-10)20-16(19-13)22-9-15(21)18-12-5-3-2-4-11(12)17/h2-8H,9H2,1H3,(H,18,21)(H,19,20). The van der Waals surface area contributed by atoms with Gasteiger partial charge in [0.2, 0.25) is 5.91 Å². The molecule has 0 saturated carbocycles. The summed E-state index contributed by atoms with van der Waals surface area (Å²) in [6.45, 7) is 2.01. The Kier molecular flexibility index (Phi) is 4.11. The number of para-hydroxylation sites is 1. The molecule has 3 rings (SSSR count). The lowest BCUT2D eigenvalue weighted by Gasteiger charge is -2.04. The van der Waals surface area contributed by atoms with Crippen LogP contribution in [0.15, 0.2) is 47.6 Å². The van der Waals surface area contributed by atoms with E-state index in [1.807, 2.05) is 25.1 Å². The van der Waals surface area contributed by atoms with Crippen LogP contribution in [-0.4, -0.2) is 21.6 Å². The van der Waals surface area contributed by atoms with E-state index in [-0.39, 0.29) is 17.3 Å². The molecule has 0 aliphatic heterocycles. The van der Waals surface area contributed by atoms with E-state index in [0.717, 1.165) is 16.6 Å². The molecule has 0 saturated heterocycles. The third kappa shape index (κ3) is 3.28. The van der Waals surface area contributed by atoms with Gasteiger partial charge in [-0.15, -0.1) is 0 Å². The molecule has 0 atom stereocenters. The van der Waals surface area contributed by atoms with Crippen LogP contribution in [0.4, 0.5) is 10.1 Å². The number of thioether (sulfide) groups is 1. The minimum atomic E-state index is -0.444. The summed E-state index contributed by atoms with van der Waals surface area (Å²) in [5.41, 5.74) is 3.14. The third-order valence-electron chi connectivity index (χ3n) is 3.10. The van der Waals surface area contributed by atoms with Gasteiger partial charge in [0.15, 0.2) is 5.16 Å². The molecular weight excluding hydrogens is 301 g/mol. The molecule has 0 aliphatic rings. The number of halogens is 1. The number of imidazole rings is 1. The van der Waals surface area contributed by atoms with Gasteiger partial charge in [0.1, 0.15) is 5.82 Å². The number of anilines is 1. The lowest BCUT2D eigenvalue weighted by atomic mass is 10.2. The summed E-state index contributed by atoms with van der Waals surface area (Å²) in [6, 6.07) is 12.0. The number of nitrogens with zero attached hydrogens (tertiary/aromatic N) is 1. The van der Waals surface area contributed by atoms with Crippen molar-refractivity contribution in [2.24, 2.45) is 0 Å². The second kappa shape index (κ2) is 6.19. The van der Waals surface area contributed by atoms with Gasteiger partial charge in [0.05, 0.1) is 22.5 Å². The van der Waals surface area contributed by atoms with Crippen LogP contribution in [0.3, 0.4) is 0 Å². The Morgan fingerprint density at radius 2 is 2.14 bits per heavy atom. The minimum Gasteiger partial charge on any atom is -0.333 e. The highest BCUT2D eigenvalue weighted by atomic mass is 32.2. The average Bonchev–Trinajstić information content (AvgIpc) is 2.89. The van der Waals surface area contributed by atoms with E-state index in [9.17, 15) is 9.18 Å². The van der Waals surface area contributed by atoms with Crippen molar-refractivity contribution in [3.63, 3.8) is 0 Å². The molecule has 0 spiro atoms. The maximum absolute atomic E-state index is 13.5. The number of hydrogen-bond acceptors (Lipinski definition) is 3. The summed E-state index contributed by atoms with van der Waals surface area (Å²) in [6.07, 6.45) is 0. The minimum absolute atomic E-state index is 0.160. The highest BCUT2D eigenvalue weighted by Crippen LogP contribution is 2.21. The van der Waals surface area contributed by atoms with Gasteiger partial charge in [0.25, 0.3) is 0 Å². The molecule has 3 aromatic rings. The Morgan fingerprint density at radius 1 is 1.32 bits per heavy atom. The lowest BCUT2D eigenvalue weighted by Crippen LogP contribution is -2.15. The number of nitrogens with one attached hydrogen (secondary N) is 2. The second-order valence-corrected chi connectivity index (χ2v) is 5.84. The van der Waals surface area contributed by atoms with E-state index in [4.69, 9.17) is 0 Å². The van der Waals surface area contributed by atoms with E-state index < -0.39 is 5.82 Å². The molecule has 0 bridgehead atoms. The zero-order valence-electron chi connectivity index (χ0n) is 11.9. The van der Waals surface area contributed by atoms with Gasteiger partial charge in [-0.3, -0.25) is 4.79 Å². The van der Waals surface area contributed by atoms with E-state index in [1.54, 1.807) is 12.1 Å². The second-order valence-electron chi connectivity index (χ2n) is 4.88. The number of H-pyrrole nitrogens is 1. The number of aromatic nitrogens is 2. The molecule has 2 aromatic carbocycles. The van der Waals surface area contributed by atoms with E-state index in [0.29, 0.717) is 5.16 Å². The number of benzene rings is 2. The highest BCUT2D eigenvalue weighted by Gasteiger charge is 2.09. The van der Waals surface area contributed by atoms with Crippen molar-refractivity contribution in [1.82, 2.24) is 9.97 Å². The number of aryl methyl sites for hydroxylation is 1. The monoisotopic (exact) mass is 315 g/mol. The van der Waals surface area contributed by atoms with Gasteiger partial charge in [-0.05, 0) is 36.8 Å². The summed E-state index contributed by atoms with van der Waals surface area (Å²) in [7, 11) is 0. The number of rotatable bonds is 4. The average molecular weight is 315 g/mol. The molecule has 0 aliphatic carbocycles. The summed E-state index contributed by atoms with van der Waals surface area (Å²) < 4.78 is 13.5. The largest absolute Gasteiger partial charge is 0.333 e. The Hall–Kier alpha value is -2.34. The number of carbonyl (C=O) groups is 1. The van der Waals surface area contributed by atoms with Crippen LogP contribution < -0.4 is 5.32 Å². The molecule has 0 fully saturated rings. The Balaban J connectivity index is 1.63. The first kappa shape index (κ1) is 14.6. The summed E-state index contributed by atoms with van der Waals surface area (Å²) in [4.78, 5) is 19.4. The first-order valence-corrected chi connectivity index (χ1v) is 7.74. The van der Waals surface area contributed by atoms with Crippen LogP contribution in [0.5, 0.6) is 0 Å². The van der Waals surface area contributed by atoms with E-state index >= 15 is 0 Å². The summed E-state index contributed by atoms with van der Waals surface area (Å²) >= 11 is 1.28. The van der Waals surface area contributed by atoms with Crippen LogP contribution >= 0.6 is 11.8 Å². The Morgan fingerprint density at radius 3 is 2.95 bits per heavy atom. The van der Waals surface area contributed by atoms with Crippen molar-refractivity contribution in [1.29, 1.82) is 0 Å². The van der Waals surface area contributed by atoms with Gasteiger partial charge in [0, 0.05) is 0 Å². The normalized spacial score (nSPS) is 10.8. The molecule has 6 heteroatoms. The number of aromatic amines is 1. The molecule has 4 nitrogen and oxygen atoms in total. The van der Waals surface area contributed by atoms with Crippen molar-refractivity contribution in [3.8, 4) is 0 Å².